The summed E-state index contributed by atoms with van der Waals surface area (Å²) in [7, 11) is 3.49. The summed E-state index contributed by atoms with van der Waals surface area (Å²) < 4.78 is 13.7. The van der Waals surface area contributed by atoms with Crippen LogP contribution in [0.15, 0.2) is 47.5 Å². The van der Waals surface area contributed by atoms with Crippen molar-refractivity contribution in [3.05, 3.63) is 70.5 Å². The van der Waals surface area contributed by atoms with E-state index in [4.69, 9.17) is 0 Å². The molecule has 0 bridgehead atoms. The third kappa shape index (κ3) is 8.00. The van der Waals surface area contributed by atoms with Gasteiger partial charge in [0.25, 0.3) is 5.91 Å². The molecule has 0 aliphatic carbocycles. The fourth-order valence-corrected chi connectivity index (χ4v) is 2.69. The minimum Gasteiger partial charge on any atom is -0.357 e. The largest absolute Gasteiger partial charge is 0.357 e. The molecule has 2 N–H and O–H groups in total. The lowest BCUT2D eigenvalue weighted by Crippen LogP contribution is -2.38. The quantitative estimate of drug-likeness (QED) is 0.338. The molecule has 0 aliphatic rings. The number of amides is 1. The first-order valence-electron chi connectivity index (χ1n) is 9.48. The number of carbonyl (C=O) groups is 1. The van der Waals surface area contributed by atoms with Gasteiger partial charge in [0.1, 0.15) is 5.82 Å². The molecule has 0 radical (unpaired) electrons. The van der Waals surface area contributed by atoms with E-state index in [1.165, 1.54) is 6.07 Å². The monoisotopic (exact) mass is 512 g/mol. The van der Waals surface area contributed by atoms with Gasteiger partial charge in [-0.05, 0) is 55.2 Å². The Morgan fingerprint density at radius 2 is 1.86 bits per heavy atom. The fourth-order valence-electron chi connectivity index (χ4n) is 2.69. The van der Waals surface area contributed by atoms with Crippen molar-refractivity contribution in [1.82, 2.24) is 15.5 Å². The number of guanidine groups is 1. The lowest BCUT2D eigenvalue weighted by atomic mass is 10.1. The summed E-state index contributed by atoms with van der Waals surface area (Å²) in [6, 6.07) is 12.8. The van der Waals surface area contributed by atoms with Crippen LogP contribution in [0.25, 0.3) is 0 Å². The molecule has 7 heteroatoms. The summed E-state index contributed by atoms with van der Waals surface area (Å²) >= 11 is 0. The molecule has 2 aromatic carbocycles. The Kier molecular flexibility index (Phi) is 10.6. The zero-order chi connectivity index (χ0) is 20.5. The second kappa shape index (κ2) is 12.4. The first-order valence-corrected chi connectivity index (χ1v) is 9.48. The molecule has 29 heavy (non-hydrogen) atoms. The molecule has 2 rings (SSSR count). The minimum absolute atomic E-state index is 0. The van der Waals surface area contributed by atoms with Crippen LogP contribution in [0.5, 0.6) is 0 Å². The zero-order valence-electron chi connectivity index (χ0n) is 17.5. The van der Waals surface area contributed by atoms with Crippen molar-refractivity contribution in [2.75, 3.05) is 27.2 Å². The Morgan fingerprint density at radius 1 is 1.10 bits per heavy atom. The van der Waals surface area contributed by atoms with Crippen LogP contribution in [0, 0.1) is 12.7 Å². The van der Waals surface area contributed by atoms with Crippen molar-refractivity contribution >= 4 is 35.8 Å². The molecule has 0 atom stereocenters. The molecule has 0 unspecified atom stereocenters. The summed E-state index contributed by atoms with van der Waals surface area (Å²) in [6.45, 7) is 5.56. The smallest absolute Gasteiger partial charge is 0.253 e. The van der Waals surface area contributed by atoms with E-state index >= 15 is 0 Å². The molecular formula is C22H30FIN4O. The normalized spacial score (nSPS) is 10.9. The number of carbonyl (C=O) groups excluding carboxylic acids is 1. The number of aryl methyl sites for hydroxylation is 1. The van der Waals surface area contributed by atoms with Crippen molar-refractivity contribution < 1.29 is 9.18 Å². The predicted octanol–water partition coefficient (Wildman–Crippen LogP) is 3.75. The molecule has 0 aromatic heterocycles. The van der Waals surface area contributed by atoms with Gasteiger partial charge >= 0.3 is 0 Å². The molecule has 2 aromatic rings. The summed E-state index contributed by atoms with van der Waals surface area (Å²) in [5.74, 6) is 0.469. The van der Waals surface area contributed by atoms with Gasteiger partial charge in [0.05, 0.1) is 6.54 Å². The topological polar surface area (TPSA) is 56.7 Å². The van der Waals surface area contributed by atoms with Gasteiger partial charge in [-0.2, -0.15) is 0 Å². The first-order chi connectivity index (χ1) is 13.4. The Bertz CT molecular complexity index is 839. The Hall–Kier alpha value is -2.16. The van der Waals surface area contributed by atoms with Crippen molar-refractivity contribution in [1.29, 1.82) is 0 Å². The van der Waals surface area contributed by atoms with E-state index < -0.39 is 0 Å². The van der Waals surface area contributed by atoms with Gasteiger partial charge in [-0.15, -0.1) is 24.0 Å². The molecule has 5 nitrogen and oxygen atoms in total. The van der Waals surface area contributed by atoms with E-state index in [2.05, 4.69) is 15.6 Å². The maximum Gasteiger partial charge on any atom is 0.253 e. The van der Waals surface area contributed by atoms with E-state index in [0.717, 1.165) is 24.1 Å². The number of hydrogen-bond donors (Lipinski definition) is 2. The summed E-state index contributed by atoms with van der Waals surface area (Å²) in [5.41, 5.74) is 3.23. The summed E-state index contributed by atoms with van der Waals surface area (Å²) in [6.07, 6.45) is 0.762. The third-order valence-corrected chi connectivity index (χ3v) is 4.29. The second-order valence-electron chi connectivity index (χ2n) is 6.86. The number of aliphatic imine (C=N–C) groups is 1. The van der Waals surface area contributed by atoms with Crippen LogP contribution in [0.3, 0.4) is 0 Å². The van der Waals surface area contributed by atoms with Crippen LogP contribution >= 0.6 is 24.0 Å². The van der Waals surface area contributed by atoms with Crippen LogP contribution in [0.2, 0.25) is 0 Å². The molecule has 0 aliphatic heterocycles. The fraction of sp³-hybridized carbons (Fsp3) is 0.364. The molecule has 0 fully saturated rings. The van der Waals surface area contributed by atoms with Crippen molar-refractivity contribution in [3.8, 4) is 0 Å². The molecule has 0 saturated carbocycles. The summed E-state index contributed by atoms with van der Waals surface area (Å²) in [5, 5.41) is 6.48. The minimum atomic E-state index is -0.210. The number of nitrogens with zero attached hydrogens (tertiary/aromatic N) is 2. The standard InChI is InChI=1S/C22H29FN4O.HI/c1-5-24-22(26-15-18-10-9-16(2)20(23)14-18)25-12-11-17-7-6-8-19(13-17)21(28)27(3)4;/h6-10,13-14H,5,11-12,15H2,1-4H3,(H2,24,25,26);1H. The van der Waals surface area contributed by atoms with Gasteiger partial charge in [-0.3, -0.25) is 4.79 Å². The Morgan fingerprint density at radius 3 is 2.52 bits per heavy atom. The van der Waals surface area contributed by atoms with Crippen LogP contribution < -0.4 is 10.6 Å². The zero-order valence-corrected chi connectivity index (χ0v) is 19.8. The van der Waals surface area contributed by atoms with E-state index in [1.54, 1.807) is 32.0 Å². The molecule has 1 amide bonds. The molecule has 0 saturated heterocycles. The van der Waals surface area contributed by atoms with Crippen LogP contribution in [-0.4, -0.2) is 44.0 Å². The Balaban J connectivity index is 0.00000420. The van der Waals surface area contributed by atoms with Crippen LogP contribution in [0.4, 0.5) is 4.39 Å². The van der Waals surface area contributed by atoms with E-state index in [0.29, 0.717) is 30.2 Å². The van der Waals surface area contributed by atoms with Gasteiger partial charge in [0.2, 0.25) is 0 Å². The van der Waals surface area contributed by atoms with Crippen molar-refractivity contribution in [2.24, 2.45) is 4.99 Å². The highest BCUT2D eigenvalue weighted by atomic mass is 127. The van der Waals surface area contributed by atoms with E-state index in [-0.39, 0.29) is 35.7 Å². The number of rotatable bonds is 7. The van der Waals surface area contributed by atoms with Crippen LogP contribution in [0.1, 0.15) is 34.0 Å². The number of hydrogen-bond acceptors (Lipinski definition) is 2. The van der Waals surface area contributed by atoms with Gasteiger partial charge in [0, 0.05) is 32.7 Å². The maximum atomic E-state index is 13.7. The van der Waals surface area contributed by atoms with E-state index in [1.807, 2.05) is 37.3 Å². The SMILES string of the molecule is CCNC(=NCc1ccc(C)c(F)c1)NCCc1cccc(C(=O)N(C)C)c1.I. The highest BCUT2D eigenvalue weighted by Crippen LogP contribution is 2.10. The first kappa shape index (κ1) is 24.9. The van der Waals surface area contributed by atoms with Crippen molar-refractivity contribution in [3.63, 3.8) is 0 Å². The maximum absolute atomic E-state index is 13.7. The van der Waals surface area contributed by atoms with E-state index in [9.17, 15) is 9.18 Å². The molecular weight excluding hydrogens is 482 g/mol. The highest BCUT2D eigenvalue weighted by molar-refractivity contribution is 14.0. The lowest BCUT2D eigenvalue weighted by Gasteiger charge is -2.13. The Labute approximate surface area is 189 Å². The summed E-state index contributed by atoms with van der Waals surface area (Å²) in [4.78, 5) is 18.2. The van der Waals surface area contributed by atoms with Gasteiger partial charge in [-0.25, -0.2) is 9.38 Å². The highest BCUT2D eigenvalue weighted by Gasteiger charge is 2.08. The molecule has 158 valence electrons. The third-order valence-electron chi connectivity index (χ3n) is 4.29. The predicted molar refractivity (Wildman–Crippen MR) is 128 cm³/mol. The van der Waals surface area contributed by atoms with Gasteiger partial charge in [-0.1, -0.05) is 24.3 Å². The van der Waals surface area contributed by atoms with Gasteiger partial charge < -0.3 is 15.5 Å². The van der Waals surface area contributed by atoms with Crippen molar-refractivity contribution in [2.45, 2.75) is 26.8 Å². The van der Waals surface area contributed by atoms with Crippen LogP contribution in [-0.2, 0) is 13.0 Å². The average Bonchev–Trinajstić information content (AvgIpc) is 2.68. The lowest BCUT2D eigenvalue weighted by molar-refractivity contribution is 0.0827. The number of benzene rings is 2. The molecule has 0 heterocycles. The average molecular weight is 512 g/mol. The molecule has 0 spiro atoms. The number of nitrogens with one attached hydrogen (secondary N) is 2. The van der Waals surface area contributed by atoms with Gasteiger partial charge in [0.15, 0.2) is 5.96 Å². The second-order valence-corrected chi connectivity index (χ2v) is 6.86. The number of halogens is 2.